The van der Waals surface area contributed by atoms with Crippen molar-refractivity contribution in [1.29, 1.82) is 0 Å². The smallest absolute Gasteiger partial charge is 0.239 e. The van der Waals surface area contributed by atoms with Crippen molar-refractivity contribution in [1.82, 2.24) is 15.1 Å². The van der Waals surface area contributed by atoms with Gasteiger partial charge in [0.05, 0.1) is 18.0 Å². The molecular formula is C16H23ClN4O2. The summed E-state index contributed by atoms with van der Waals surface area (Å²) in [6, 6.07) is 9.24. The summed E-state index contributed by atoms with van der Waals surface area (Å²) < 4.78 is 6.76. The topological polar surface area (TPSA) is 82.2 Å². The van der Waals surface area contributed by atoms with Gasteiger partial charge in [0.2, 0.25) is 5.91 Å². The molecule has 0 saturated heterocycles. The van der Waals surface area contributed by atoms with Gasteiger partial charge in [-0.15, -0.1) is 12.4 Å². The van der Waals surface area contributed by atoms with Crippen LogP contribution in [0.1, 0.15) is 17.0 Å². The van der Waals surface area contributed by atoms with E-state index in [1.165, 1.54) is 7.11 Å². The molecule has 1 unspecified atom stereocenters. The maximum atomic E-state index is 11.9. The maximum absolute atomic E-state index is 11.9. The second-order valence-electron chi connectivity index (χ2n) is 5.18. The molecule has 1 atom stereocenters. The Morgan fingerprint density at radius 3 is 2.61 bits per heavy atom. The Kier molecular flexibility index (Phi) is 7.22. The molecule has 1 amide bonds. The summed E-state index contributed by atoms with van der Waals surface area (Å²) in [5.41, 5.74) is 9.60. The van der Waals surface area contributed by atoms with E-state index in [0.29, 0.717) is 6.54 Å². The van der Waals surface area contributed by atoms with Crippen molar-refractivity contribution < 1.29 is 9.53 Å². The van der Waals surface area contributed by atoms with E-state index in [1.807, 2.05) is 48.9 Å². The zero-order chi connectivity index (χ0) is 16.1. The largest absolute Gasteiger partial charge is 0.383 e. The number of aromatic nitrogens is 2. The molecule has 0 fully saturated rings. The lowest BCUT2D eigenvalue weighted by Crippen LogP contribution is -2.43. The molecular weight excluding hydrogens is 316 g/mol. The highest BCUT2D eigenvalue weighted by Crippen LogP contribution is 2.17. The van der Waals surface area contributed by atoms with Crippen LogP contribution < -0.4 is 11.1 Å². The average Bonchev–Trinajstić information content (AvgIpc) is 2.81. The standard InChI is InChI=1S/C16H22N4O2.ClH/c1-11-14(9-18-16(21)15(17)10-22-3)12(2)20(19-11)13-7-5-4-6-8-13;/h4-8,15H,9-10,17H2,1-3H3,(H,18,21);1H. The molecule has 0 aliphatic rings. The molecule has 0 aliphatic carbocycles. The zero-order valence-corrected chi connectivity index (χ0v) is 14.4. The van der Waals surface area contributed by atoms with Gasteiger partial charge in [0.15, 0.2) is 0 Å². The first-order chi connectivity index (χ1) is 10.5. The van der Waals surface area contributed by atoms with Crippen LogP contribution in [0.5, 0.6) is 0 Å². The number of halogens is 1. The zero-order valence-electron chi connectivity index (χ0n) is 13.6. The minimum absolute atomic E-state index is 0. The number of ether oxygens (including phenoxy) is 1. The minimum Gasteiger partial charge on any atom is -0.383 e. The fourth-order valence-corrected chi connectivity index (χ4v) is 2.31. The van der Waals surface area contributed by atoms with E-state index >= 15 is 0 Å². The van der Waals surface area contributed by atoms with E-state index in [2.05, 4.69) is 10.4 Å². The molecule has 0 saturated carbocycles. The number of nitrogens with one attached hydrogen (secondary N) is 1. The first-order valence-electron chi connectivity index (χ1n) is 7.17. The summed E-state index contributed by atoms with van der Waals surface area (Å²) in [5.74, 6) is -0.229. The molecule has 2 rings (SSSR count). The van der Waals surface area contributed by atoms with Crippen molar-refractivity contribution in [3.05, 3.63) is 47.3 Å². The van der Waals surface area contributed by atoms with Crippen molar-refractivity contribution in [3.63, 3.8) is 0 Å². The molecule has 0 bridgehead atoms. The van der Waals surface area contributed by atoms with Gasteiger partial charge in [-0.3, -0.25) is 4.79 Å². The molecule has 1 aromatic carbocycles. The summed E-state index contributed by atoms with van der Waals surface area (Å²) in [6.45, 7) is 4.53. The number of nitrogens with zero attached hydrogens (tertiary/aromatic N) is 2. The van der Waals surface area contributed by atoms with Crippen LogP contribution in [-0.4, -0.2) is 35.4 Å². The minimum atomic E-state index is -0.658. The van der Waals surface area contributed by atoms with Gasteiger partial charge in [-0.25, -0.2) is 4.68 Å². The monoisotopic (exact) mass is 338 g/mol. The normalized spacial score (nSPS) is 11.7. The number of carbonyl (C=O) groups is 1. The van der Waals surface area contributed by atoms with Crippen LogP contribution in [0.2, 0.25) is 0 Å². The number of aryl methyl sites for hydroxylation is 1. The molecule has 1 heterocycles. The molecule has 0 aliphatic heterocycles. The van der Waals surface area contributed by atoms with Crippen LogP contribution in [0, 0.1) is 13.8 Å². The van der Waals surface area contributed by atoms with Crippen LogP contribution in [0.15, 0.2) is 30.3 Å². The van der Waals surface area contributed by atoms with Crippen molar-refractivity contribution in [3.8, 4) is 5.69 Å². The summed E-state index contributed by atoms with van der Waals surface area (Å²) in [7, 11) is 1.52. The number of amides is 1. The quantitative estimate of drug-likeness (QED) is 0.836. The number of hydrogen-bond acceptors (Lipinski definition) is 4. The van der Waals surface area contributed by atoms with Crippen molar-refractivity contribution >= 4 is 18.3 Å². The van der Waals surface area contributed by atoms with Gasteiger partial charge in [-0.1, -0.05) is 18.2 Å². The number of carbonyl (C=O) groups excluding carboxylic acids is 1. The highest BCUT2D eigenvalue weighted by atomic mass is 35.5. The van der Waals surface area contributed by atoms with Gasteiger partial charge >= 0.3 is 0 Å². The van der Waals surface area contributed by atoms with Crippen LogP contribution in [0.4, 0.5) is 0 Å². The molecule has 6 nitrogen and oxygen atoms in total. The first-order valence-corrected chi connectivity index (χ1v) is 7.17. The van der Waals surface area contributed by atoms with E-state index in [4.69, 9.17) is 10.5 Å². The van der Waals surface area contributed by atoms with Crippen LogP contribution >= 0.6 is 12.4 Å². The summed E-state index contributed by atoms with van der Waals surface area (Å²) in [6.07, 6.45) is 0. The third-order valence-electron chi connectivity index (χ3n) is 3.56. The van der Waals surface area contributed by atoms with E-state index in [0.717, 1.165) is 22.6 Å². The van der Waals surface area contributed by atoms with Crippen LogP contribution in [-0.2, 0) is 16.1 Å². The molecule has 7 heteroatoms. The Bertz CT molecular complexity index is 643. The number of nitrogens with two attached hydrogens (primary N) is 1. The summed E-state index contributed by atoms with van der Waals surface area (Å²) >= 11 is 0. The van der Waals surface area contributed by atoms with E-state index in [-0.39, 0.29) is 24.9 Å². The Hall–Kier alpha value is -1.89. The highest BCUT2D eigenvalue weighted by Gasteiger charge is 2.16. The molecule has 126 valence electrons. The van der Waals surface area contributed by atoms with Gasteiger partial charge in [-0.05, 0) is 26.0 Å². The lowest BCUT2D eigenvalue weighted by molar-refractivity contribution is -0.123. The fraction of sp³-hybridized carbons (Fsp3) is 0.375. The fourth-order valence-electron chi connectivity index (χ4n) is 2.31. The van der Waals surface area contributed by atoms with E-state index < -0.39 is 6.04 Å². The SMILES string of the molecule is COCC(N)C(=O)NCc1c(C)nn(-c2ccccc2)c1C.Cl. The molecule has 1 aromatic heterocycles. The van der Waals surface area contributed by atoms with Gasteiger partial charge in [0, 0.05) is 24.9 Å². The van der Waals surface area contributed by atoms with Gasteiger partial charge in [-0.2, -0.15) is 5.10 Å². The molecule has 3 N–H and O–H groups in total. The highest BCUT2D eigenvalue weighted by molar-refractivity contribution is 5.85. The number of rotatable bonds is 6. The van der Waals surface area contributed by atoms with Gasteiger partial charge < -0.3 is 15.8 Å². The van der Waals surface area contributed by atoms with Gasteiger partial charge in [0.25, 0.3) is 0 Å². The molecule has 2 aromatic rings. The second kappa shape index (κ2) is 8.67. The Morgan fingerprint density at radius 2 is 2.00 bits per heavy atom. The van der Waals surface area contributed by atoms with Crippen LogP contribution in [0.25, 0.3) is 5.69 Å². The summed E-state index contributed by atoms with van der Waals surface area (Å²) in [5, 5.41) is 7.38. The second-order valence-corrected chi connectivity index (χ2v) is 5.18. The van der Waals surface area contributed by atoms with Crippen molar-refractivity contribution in [2.24, 2.45) is 5.73 Å². The van der Waals surface area contributed by atoms with Crippen molar-refractivity contribution in [2.75, 3.05) is 13.7 Å². The summed E-state index contributed by atoms with van der Waals surface area (Å²) in [4.78, 5) is 11.9. The molecule has 0 radical (unpaired) electrons. The van der Waals surface area contributed by atoms with Crippen molar-refractivity contribution in [2.45, 2.75) is 26.4 Å². The lowest BCUT2D eigenvalue weighted by Gasteiger charge is -2.11. The third kappa shape index (κ3) is 4.54. The molecule has 23 heavy (non-hydrogen) atoms. The Morgan fingerprint density at radius 1 is 1.35 bits per heavy atom. The number of benzene rings is 1. The Balaban J connectivity index is 0.00000264. The third-order valence-corrected chi connectivity index (χ3v) is 3.56. The van der Waals surface area contributed by atoms with E-state index in [1.54, 1.807) is 0 Å². The van der Waals surface area contributed by atoms with Gasteiger partial charge in [0.1, 0.15) is 6.04 Å². The maximum Gasteiger partial charge on any atom is 0.239 e. The molecule has 0 spiro atoms. The lowest BCUT2D eigenvalue weighted by atomic mass is 10.2. The predicted octanol–water partition coefficient (Wildman–Crippen LogP) is 1.50. The number of para-hydroxylation sites is 1. The Labute approximate surface area is 142 Å². The number of hydrogen-bond donors (Lipinski definition) is 2. The predicted molar refractivity (Wildman–Crippen MR) is 92.0 cm³/mol. The number of methoxy groups -OCH3 is 1. The average molecular weight is 339 g/mol. The van der Waals surface area contributed by atoms with E-state index in [9.17, 15) is 4.79 Å². The first kappa shape index (κ1) is 19.2. The van der Waals surface area contributed by atoms with Crippen LogP contribution in [0.3, 0.4) is 0 Å².